The van der Waals surface area contributed by atoms with Gasteiger partial charge in [-0.2, -0.15) is 0 Å². The minimum atomic E-state index is -1.07. The fraction of sp³-hybridized carbons (Fsp3) is 0.423. The molecule has 0 saturated carbocycles. The van der Waals surface area contributed by atoms with Crippen molar-refractivity contribution < 1.29 is 29.0 Å². The number of carbonyl (C=O) groups is 3. The summed E-state index contributed by atoms with van der Waals surface area (Å²) in [5.74, 6) is -1.27. The fourth-order valence-electron chi connectivity index (χ4n) is 4.74. The SMILES string of the molecule is CC(CCCC(=O)N[C@H]1CCO[C@H]1C(=O)O)NC(=O)OCC1c2ccccc2-c2ccccc21. The third-order valence-corrected chi connectivity index (χ3v) is 6.43. The number of nitrogens with one attached hydrogen (secondary N) is 2. The molecule has 180 valence electrons. The van der Waals surface area contributed by atoms with Crippen LogP contribution < -0.4 is 10.6 Å². The molecule has 0 aromatic heterocycles. The maximum Gasteiger partial charge on any atom is 0.407 e. The molecule has 3 N–H and O–H groups in total. The number of hydrogen-bond donors (Lipinski definition) is 3. The minimum Gasteiger partial charge on any atom is -0.479 e. The molecule has 2 amide bonds. The molecule has 8 nitrogen and oxygen atoms in total. The van der Waals surface area contributed by atoms with Gasteiger partial charge >= 0.3 is 12.1 Å². The summed E-state index contributed by atoms with van der Waals surface area (Å²) in [5.41, 5.74) is 4.68. The van der Waals surface area contributed by atoms with Crippen molar-refractivity contribution >= 4 is 18.0 Å². The molecule has 1 aliphatic heterocycles. The van der Waals surface area contributed by atoms with Gasteiger partial charge < -0.3 is 25.2 Å². The van der Waals surface area contributed by atoms with E-state index in [9.17, 15) is 14.4 Å². The van der Waals surface area contributed by atoms with Gasteiger partial charge in [0.25, 0.3) is 0 Å². The molecule has 1 fully saturated rings. The van der Waals surface area contributed by atoms with E-state index in [1.54, 1.807) is 0 Å². The van der Waals surface area contributed by atoms with Gasteiger partial charge in [0.15, 0.2) is 6.10 Å². The summed E-state index contributed by atoms with van der Waals surface area (Å²) in [6.07, 6.45) is 0.426. The normalized spacial score (nSPS) is 19.7. The number of carbonyl (C=O) groups excluding carboxylic acids is 2. The lowest BCUT2D eigenvalue weighted by atomic mass is 9.98. The maximum atomic E-state index is 12.4. The topological polar surface area (TPSA) is 114 Å². The first-order chi connectivity index (χ1) is 16.4. The fourth-order valence-corrected chi connectivity index (χ4v) is 4.74. The van der Waals surface area contributed by atoms with Gasteiger partial charge in [-0.05, 0) is 48.4 Å². The Morgan fingerprint density at radius 2 is 1.74 bits per heavy atom. The molecule has 34 heavy (non-hydrogen) atoms. The van der Waals surface area contributed by atoms with E-state index in [0.29, 0.717) is 25.9 Å². The van der Waals surface area contributed by atoms with Gasteiger partial charge in [-0.1, -0.05) is 48.5 Å². The van der Waals surface area contributed by atoms with Crippen LogP contribution in [0, 0.1) is 0 Å². The number of amides is 2. The Morgan fingerprint density at radius 1 is 1.09 bits per heavy atom. The molecule has 8 heteroatoms. The van der Waals surface area contributed by atoms with E-state index in [-0.39, 0.29) is 30.9 Å². The highest BCUT2D eigenvalue weighted by molar-refractivity contribution is 5.80. The summed E-state index contributed by atoms with van der Waals surface area (Å²) >= 11 is 0. The van der Waals surface area contributed by atoms with Gasteiger partial charge in [0, 0.05) is 25.0 Å². The van der Waals surface area contributed by atoms with Gasteiger partial charge in [0.05, 0.1) is 6.04 Å². The summed E-state index contributed by atoms with van der Waals surface area (Å²) in [6, 6.07) is 15.7. The summed E-state index contributed by atoms with van der Waals surface area (Å²) in [6.45, 7) is 2.44. The molecular formula is C26H30N2O6. The van der Waals surface area contributed by atoms with E-state index in [4.69, 9.17) is 14.6 Å². The third-order valence-electron chi connectivity index (χ3n) is 6.43. The quantitative estimate of drug-likeness (QED) is 0.522. The molecule has 1 saturated heterocycles. The number of carboxylic acids is 1. The number of alkyl carbamates (subject to hydrolysis) is 1. The van der Waals surface area contributed by atoms with Crippen LogP contribution in [0.5, 0.6) is 0 Å². The Balaban J connectivity index is 1.19. The van der Waals surface area contributed by atoms with Crippen LogP contribution in [0.4, 0.5) is 4.79 Å². The highest BCUT2D eigenvalue weighted by Gasteiger charge is 2.35. The third kappa shape index (κ3) is 5.39. The second-order valence-corrected chi connectivity index (χ2v) is 8.86. The van der Waals surface area contributed by atoms with Gasteiger partial charge in [-0.25, -0.2) is 9.59 Å². The van der Waals surface area contributed by atoms with Crippen LogP contribution in [-0.4, -0.2) is 54.5 Å². The second-order valence-electron chi connectivity index (χ2n) is 8.86. The molecule has 1 heterocycles. The van der Waals surface area contributed by atoms with Crippen LogP contribution in [0.15, 0.2) is 48.5 Å². The molecule has 0 radical (unpaired) electrons. The van der Waals surface area contributed by atoms with Crippen LogP contribution >= 0.6 is 0 Å². The molecule has 2 aliphatic rings. The average molecular weight is 467 g/mol. The predicted octanol–water partition coefficient (Wildman–Crippen LogP) is 3.44. The highest BCUT2D eigenvalue weighted by Crippen LogP contribution is 2.44. The molecule has 2 aromatic carbocycles. The molecule has 2 aromatic rings. The minimum absolute atomic E-state index is 0.00588. The average Bonchev–Trinajstić information content (AvgIpc) is 3.40. The number of benzene rings is 2. The molecule has 3 atom stereocenters. The second kappa shape index (κ2) is 10.7. The van der Waals surface area contributed by atoms with Crippen LogP contribution in [0.1, 0.15) is 49.7 Å². The van der Waals surface area contributed by atoms with Crippen molar-refractivity contribution in [1.82, 2.24) is 10.6 Å². The summed E-state index contributed by atoms with van der Waals surface area (Å²) in [5, 5.41) is 14.7. The zero-order valence-corrected chi connectivity index (χ0v) is 19.2. The lowest BCUT2D eigenvalue weighted by molar-refractivity contribution is -0.148. The Bertz CT molecular complexity index is 1010. The Kier molecular flexibility index (Phi) is 7.47. The molecular weight excluding hydrogens is 436 g/mol. The number of ether oxygens (including phenoxy) is 2. The first-order valence-electron chi connectivity index (χ1n) is 11.7. The smallest absolute Gasteiger partial charge is 0.407 e. The molecule has 0 bridgehead atoms. The molecule has 0 spiro atoms. The number of rotatable bonds is 9. The summed E-state index contributed by atoms with van der Waals surface area (Å²) in [7, 11) is 0. The number of hydrogen-bond acceptors (Lipinski definition) is 5. The number of carboxylic acid groups (broad SMARTS) is 1. The van der Waals surface area contributed by atoms with Crippen LogP contribution in [0.2, 0.25) is 0 Å². The predicted molar refractivity (Wildman–Crippen MR) is 125 cm³/mol. The van der Waals surface area contributed by atoms with Gasteiger partial charge in [0.1, 0.15) is 6.61 Å². The number of aliphatic carboxylic acids is 1. The Hall–Kier alpha value is -3.39. The van der Waals surface area contributed by atoms with E-state index in [0.717, 1.165) is 11.1 Å². The van der Waals surface area contributed by atoms with Gasteiger partial charge in [-0.3, -0.25) is 4.79 Å². The van der Waals surface area contributed by atoms with Gasteiger partial charge in [-0.15, -0.1) is 0 Å². The molecule has 1 aliphatic carbocycles. The summed E-state index contributed by atoms with van der Waals surface area (Å²) < 4.78 is 10.7. The first kappa shape index (κ1) is 23.8. The lowest BCUT2D eigenvalue weighted by Gasteiger charge is -2.18. The van der Waals surface area contributed by atoms with Crippen molar-refractivity contribution in [3.63, 3.8) is 0 Å². The van der Waals surface area contributed by atoms with Crippen LogP contribution in [-0.2, 0) is 19.1 Å². The number of fused-ring (bicyclic) bond motifs is 3. The van der Waals surface area contributed by atoms with Crippen molar-refractivity contribution in [3.05, 3.63) is 59.7 Å². The zero-order chi connectivity index (χ0) is 24.1. The lowest BCUT2D eigenvalue weighted by Crippen LogP contribution is -2.44. The molecule has 1 unspecified atom stereocenters. The van der Waals surface area contributed by atoms with E-state index in [2.05, 4.69) is 34.9 Å². The largest absolute Gasteiger partial charge is 0.479 e. The van der Waals surface area contributed by atoms with Crippen LogP contribution in [0.25, 0.3) is 11.1 Å². The maximum absolute atomic E-state index is 12.4. The first-order valence-corrected chi connectivity index (χ1v) is 11.7. The monoisotopic (exact) mass is 466 g/mol. The Morgan fingerprint density at radius 3 is 2.38 bits per heavy atom. The highest BCUT2D eigenvalue weighted by atomic mass is 16.5. The van der Waals surface area contributed by atoms with E-state index in [1.165, 1.54) is 11.1 Å². The standard InChI is InChI=1S/C26H30N2O6/c1-16(7-6-12-23(29)28-22-13-14-33-24(22)25(30)31)27-26(32)34-15-21-19-10-4-2-8-17(19)18-9-3-5-11-20(18)21/h2-5,8-11,16,21-22,24H,6-7,12-15H2,1H3,(H,27,32)(H,28,29)(H,30,31)/t16?,22-,24+/m0/s1. The van der Waals surface area contributed by atoms with E-state index >= 15 is 0 Å². The van der Waals surface area contributed by atoms with E-state index in [1.807, 2.05) is 31.2 Å². The van der Waals surface area contributed by atoms with Gasteiger partial charge in [0.2, 0.25) is 5.91 Å². The van der Waals surface area contributed by atoms with Crippen molar-refractivity contribution in [2.45, 2.75) is 56.7 Å². The van der Waals surface area contributed by atoms with Crippen molar-refractivity contribution in [1.29, 1.82) is 0 Å². The van der Waals surface area contributed by atoms with E-state index < -0.39 is 24.2 Å². The Labute approximate surface area is 198 Å². The summed E-state index contributed by atoms with van der Waals surface area (Å²) in [4.78, 5) is 35.7. The van der Waals surface area contributed by atoms with Crippen LogP contribution in [0.3, 0.4) is 0 Å². The van der Waals surface area contributed by atoms with Crippen molar-refractivity contribution in [2.24, 2.45) is 0 Å². The zero-order valence-electron chi connectivity index (χ0n) is 19.2. The molecule has 4 rings (SSSR count). The van der Waals surface area contributed by atoms with Crippen molar-refractivity contribution in [3.8, 4) is 11.1 Å². The van der Waals surface area contributed by atoms with Crippen molar-refractivity contribution in [2.75, 3.05) is 13.2 Å².